The van der Waals surface area contributed by atoms with E-state index in [4.69, 9.17) is 4.42 Å². The van der Waals surface area contributed by atoms with Gasteiger partial charge >= 0.3 is 0 Å². The van der Waals surface area contributed by atoms with E-state index in [1.165, 1.54) is 12.1 Å². The molecular weight excluding hydrogens is 427 g/mol. The maximum absolute atomic E-state index is 13.8. The van der Waals surface area contributed by atoms with Crippen LogP contribution in [0.15, 0.2) is 89.3 Å². The van der Waals surface area contributed by atoms with E-state index in [-0.39, 0.29) is 17.8 Å². The molecule has 0 bridgehead atoms. The van der Waals surface area contributed by atoms with Crippen LogP contribution in [0.4, 0.5) is 4.39 Å². The molecule has 0 aliphatic carbocycles. The highest BCUT2D eigenvalue weighted by molar-refractivity contribution is 6.02. The predicted octanol–water partition coefficient (Wildman–Crippen LogP) is 6.63. The van der Waals surface area contributed by atoms with E-state index in [0.29, 0.717) is 12.1 Å². The molecule has 5 aromatic rings. The largest absolute Gasteiger partial charge is 0.464 e. The first-order valence-electron chi connectivity index (χ1n) is 11.3. The Bertz CT molecular complexity index is 1540. The van der Waals surface area contributed by atoms with Gasteiger partial charge in [-0.05, 0) is 66.6 Å². The zero-order chi connectivity index (χ0) is 23.4. The Morgan fingerprint density at radius 3 is 2.41 bits per heavy atom. The van der Waals surface area contributed by atoms with Crippen LogP contribution >= 0.6 is 0 Å². The molecule has 5 heteroatoms. The predicted molar refractivity (Wildman–Crippen MR) is 130 cm³/mol. The minimum absolute atomic E-state index is 0.0207. The molecule has 3 heterocycles. The van der Waals surface area contributed by atoms with Crippen LogP contribution in [0.3, 0.4) is 0 Å². The SMILES string of the molecule is Cc1ccc(CN2C(=O)c3ccccc3C2c2c(-c3ccc(F)cc3)n(C)c3ccccc23)o1. The standard InChI is InChI=1S/C29H23FN2O2/c1-18-11-16-21(34-18)17-32-28(22-7-3-4-8-23(22)29(32)33)26-24-9-5-6-10-25(24)31(2)27(26)19-12-14-20(30)15-13-19/h3-16,28H,17H2,1-2H3. The van der Waals surface area contributed by atoms with E-state index < -0.39 is 0 Å². The summed E-state index contributed by atoms with van der Waals surface area (Å²) >= 11 is 0. The van der Waals surface area contributed by atoms with Gasteiger partial charge in [0.1, 0.15) is 17.3 Å². The minimum Gasteiger partial charge on any atom is -0.464 e. The number of carbonyl (C=O) groups is 1. The van der Waals surface area contributed by atoms with Crippen molar-refractivity contribution >= 4 is 16.8 Å². The van der Waals surface area contributed by atoms with Crippen molar-refractivity contribution in [3.8, 4) is 11.3 Å². The van der Waals surface area contributed by atoms with Gasteiger partial charge in [0.25, 0.3) is 5.91 Å². The summed E-state index contributed by atoms with van der Waals surface area (Å²) < 4.78 is 21.8. The summed E-state index contributed by atoms with van der Waals surface area (Å²) in [6.45, 7) is 2.26. The Balaban J connectivity index is 1.63. The number of nitrogens with zero attached hydrogens (tertiary/aromatic N) is 2. The molecule has 0 N–H and O–H groups in total. The highest BCUT2D eigenvalue weighted by atomic mass is 19.1. The topological polar surface area (TPSA) is 38.4 Å². The molecular formula is C29H23FN2O2. The van der Waals surface area contributed by atoms with E-state index >= 15 is 0 Å². The average Bonchev–Trinajstić information content (AvgIpc) is 3.48. The van der Waals surface area contributed by atoms with Gasteiger partial charge < -0.3 is 13.9 Å². The van der Waals surface area contributed by atoms with Crippen molar-refractivity contribution in [3.63, 3.8) is 0 Å². The lowest BCUT2D eigenvalue weighted by Crippen LogP contribution is -2.28. The van der Waals surface area contributed by atoms with Gasteiger partial charge in [0.2, 0.25) is 0 Å². The van der Waals surface area contributed by atoms with Crippen molar-refractivity contribution in [3.05, 3.63) is 119 Å². The second kappa shape index (κ2) is 7.73. The number of carbonyl (C=O) groups excluding carboxylic acids is 1. The zero-order valence-electron chi connectivity index (χ0n) is 19.0. The minimum atomic E-state index is -0.305. The van der Waals surface area contributed by atoms with Crippen LogP contribution in [0.5, 0.6) is 0 Å². The Morgan fingerprint density at radius 2 is 1.65 bits per heavy atom. The number of hydrogen-bond donors (Lipinski definition) is 0. The normalized spacial score (nSPS) is 15.3. The van der Waals surface area contributed by atoms with E-state index in [9.17, 15) is 9.18 Å². The summed E-state index contributed by atoms with van der Waals surface area (Å²) in [7, 11) is 2.02. The summed E-state index contributed by atoms with van der Waals surface area (Å²) in [5, 5.41) is 1.07. The van der Waals surface area contributed by atoms with Crippen LogP contribution in [0, 0.1) is 12.7 Å². The first kappa shape index (κ1) is 20.5. The first-order chi connectivity index (χ1) is 16.5. The molecule has 6 rings (SSSR count). The third-order valence-corrected chi connectivity index (χ3v) is 6.72. The van der Waals surface area contributed by atoms with Crippen LogP contribution in [0.25, 0.3) is 22.2 Å². The fourth-order valence-electron chi connectivity index (χ4n) is 5.24. The van der Waals surface area contributed by atoms with Gasteiger partial charge in [-0.2, -0.15) is 0 Å². The van der Waals surface area contributed by atoms with E-state index in [0.717, 1.165) is 44.8 Å². The molecule has 0 spiro atoms. The summed E-state index contributed by atoms with van der Waals surface area (Å²) in [6, 6.07) is 26.1. The maximum atomic E-state index is 13.8. The van der Waals surface area contributed by atoms with Crippen molar-refractivity contribution in [1.29, 1.82) is 0 Å². The number of aromatic nitrogens is 1. The van der Waals surface area contributed by atoms with Crippen LogP contribution in [0.1, 0.15) is 39.0 Å². The van der Waals surface area contributed by atoms with Crippen LogP contribution < -0.4 is 0 Å². The molecule has 34 heavy (non-hydrogen) atoms. The molecule has 0 saturated carbocycles. The molecule has 1 unspecified atom stereocenters. The summed E-state index contributed by atoms with van der Waals surface area (Å²) in [4.78, 5) is 15.5. The molecule has 3 aromatic carbocycles. The number of furan rings is 1. The molecule has 2 aromatic heterocycles. The maximum Gasteiger partial charge on any atom is 0.255 e. The highest BCUT2D eigenvalue weighted by Crippen LogP contribution is 2.47. The Kier molecular flexibility index (Phi) is 4.66. The second-order valence-corrected chi connectivity index (χ2v) is 8.78. The average molecular weight is 451 g/mol. The lowest BCUT2D eigenvalue weighted by molar-refractivity contribution is 0.0723. The lowest BCUT2D eigenvalue weighted by atomic mass is 9.93. The van der Waals surface area contributed by atoms with Crippen LogP contribution in [-0.2, 0) is 13.6 Å². The quantitative estimate of drug-likeness (QED) is 0.308. The van der Waals surface area contributed by atoms with Crippen LogP contribution in [0.2, 0.25) is 0 Å². The fraction of sp³-hybridized carbons (Fsp3) is 0.138. The van der Waals surface area contributed by atoms with Crippen molar-refractivity contribution in [2.75, 3.05) is 0 Å². The molecule has 1 amide bonds. The van der Waals surface area contributed by atoms with Crippen molar-refractivity contribution in [1.82, 2.24) is 9.47 Å². The Labute approximate surface area is 196 Å². The lowest BCUT2D eigenvalue weighted by Gasteiger charge is -2.26. The molecule has 0 fully saturated rings. The van der Waals surface area contributed by atoms with E-state index in [1.54, 1.807) is 12.1 Å². The zero-order valence-corrected chi connectivity index (χ0v) is 19.0. The smallest absolute Gasteiger partial charge is 0.255 e. The van der Waals surface area contributed by atoms with Crippen molar-refractivity contribution in [2.45, 2.75) is 19.5 Å². The van der Waals surface area contributed by atoms with Gasteiger partial charge in [-0.3, -0.25) is 4.79 Å². The molecule has 0 radical (unpaired) electrons. The molecule has 0 saturated heterocycles. The van der Waals surface area contributed by atoms with Gasteiger partial charge in [-0.25, -0.2) is 4.39 Å². The molecule has 1 atom stereocenters. The Hall–Kier alpha value is -4.12. The second-order valence-electron chi connectivity index (χ2n) is 8.78. The van der Waals surface area contributed by atoms with Gasteiger partial charge in [-0.15, -0.1) is 0 Å². The van der Waals surface area contributed by atoms with Crippen molar-refractivity contribution in [2.24, 2.45) is 7.05 Å². The van der Waals surface area contributed by atoms with Crippen LogP contribution in [-0.4, -0.2) is 15.4 Å². The summed E-state index contributed by atoms with van der Waals surface area (Å²) in [5.41, 5.74) is 5.63. The number of para-hydroxylation sites is 1. The first-order valence-corrected chi connectivity index (χ1v) is 11.3. The fourth-order valence-corrected chi connectivity index (χ4v) is 5.24. The van der Waals surface area contributed by atoms with Gasteiger partial charge in [0.05, 0.1) is 18.3 Å². The number of amides is 1. The Morgan fingerprint density at radius 1 is 0.912 bits per heavy atom. The molecule has 4 nitrogen and oxygen atoms in total. The summed E-state index contributed by atoms with van der Waals surface area (Å²) in [6.07, 6.45) is 0. The van der Waals surface area contributed by atoms with Crippen molar-refractivity contribution < 1.29 is 13.6 Å². The number of halogens is 1. The number of rotatable bonds is 4. The van der Waals surface area contributed by atoms with E-state index in [2.05, 4.69) is 16.7 Å². The molecule has 1 aliphatic heterocycles. The summed E-state index contributed by atoms with van der Waals surface area (Å²) in [5.74, 6) is 1.26. The monoisotopic (exact) mass is 450 g/mol. The highest BCUT2D eigenvalue weighted by Gasteiger charge is 2.41. The number of benzene rings is 3. The number of fused-ring (bicyclic) bond motifs is 2. The molecule has 1 aliphatic rings. The molecule has 168 valence electrons. The van der Waals surface area contributed by atoms with Gasteiger partial charge in [0.15, 0.2) is 0 Å². The van der Waals surface area contributed by atoms with E-state index in [1.807, 2.05) is 67.4 Å². The van der Waals surface area contributed by atoms with Gasteiger partial charge in [-0.1, -0.05) is 36.4 Å². The van der Waals surface area contributed by atoms with Gasteiger partial charge in [0, 0.05) is 29.1 Å². The number of aryl methyl sites for hydroxylation is 2. The third kappa shape index (κ3) is 3.08. The third-order valence-electron chi connectivity index (χ3n) is 6.72. The number of hydrogen-bond acceptors (Lipinski definition) is 2.